The summed E-state index contributed by atoms with van der Waals surface area (Å²) >= 11 is 3.52. The van der Waals surface area contributed by atoms with Crippen LogP contribution in [0.1, 0.15) is 11.1 Å². The van der Waals surface area contributed by atoms with Crippen LogP contribution in [-0.2, 0) is 4.79 Å². The minimum absolute atomic E-state index is 0.0602. The van der Waals surface area contributed by atoms with E-state index in [1.165, 1.54) is 0 Å². The van der Waals surface area contributed by atoms with Crippen LogP contribution in [0.4, 0.5) is 11.4 Å². The summed E-state index contributed by atoms with van der Waals surface area (Å²) in [6.45, 7) is 4.27. The Balaban J connectivity index is 1.95. The van der Waals surface area contributed by atoms with Crippen LogP contribution in [-0.4, -0.2) is 12.5 Å². The van der Waals surface area contributed by atoms with Gasteiger partial charge in [-0.3, -0.25) is 4.79 Å². The highest BCUT2D eigenvalue weighted by Crippen LogP contribution is 2.24. The number of carbonyl (C=O) groups is 1. The summed E-state index contributed by atoms with van der Waals surface area (Å²) < 4.78 is 1.08. The topological polar surface area (TPSA) is 41.1 Å². The highest BCUT2D eigenvalue weighted by Gasteiger charge is 2.06. The van der Waals surface area contributed by atoms with Crippen molar-refractivity contribution in [1.29, 1.82) is 0 Å². The lowest BCUT2D eigenvalue weighted by Gasteiger charge is -2.10. The van der Waals surface area contributed by atoms with Gasteiger partial charge < -0.3 is 10.6 Å². The first-order chi connectivity index (χ1) is 9.56. The average Bonchev–Trinajstić information content (AvgIpc) is 2.43. The molecule has 3 nitrogen and oxygen atoms in total. The third-order valence-corrected chi connectivity index (χ3v) is 4.20. The molecule has 0 aromatic heterocycles. The number of para-hydroxylation sites is 1. The minimum atomic E-state index is -0.0602. The lowest BCUT2D eigenvalue weighted by molar-refractivity contribution is -0.114. The number of hydrogen-bond acceptors (Lipinski definition) is 2. The molecule has 1 amide bonds. The number of amides is 1. The van der Waals surface area contributed by atoms with Gasteiger partial charge >= 0.3 is 0 Å². The minimum Gasteiger partial charge on any atom is -0.376 e. The normalized spacial score (nSPS) is 10.2. The maximum Gasteiger partial charge on any atom is 0.243 e. The predicted octanol–water partition coefficient (Wildman–Crippen LogP) is 4.12. The zero-order chi connectivity index (χ0) is 14.5. The highest BCUT2D eigenvalue weighted by atomic mass is 79.9. The molecule has 0 aliphatic rings. The van der Waals surface area contributed by atoms with E-state index in [0.717, 1.165) is 27.0 Å². The molecule has 0 radical (unpaired) electrons. The molecular weight excluding hydrogens is 316 g/mol. The SMILES string of the molecule is Cc1cc(NC(=O)CNc2ccccc2)cc(C)c1Br. The molecule has 0 fully saturated rings. The molecule has 2 rings (SSSR count). The van der Waals surface area contributed by atoms with E-state index in [1.54, 1.807) is 0 Å². The summed E-state index contributed by atoms with van der Waals surface area (Å²) in [6.07, 6.45) is 0. The molecule has 104 valence electrons. The van der Waals surface area contributed by atoms with E-state index in [0.29, 0.717) is 0 Å². The van der Waals surface area contributed by atoms with Crippen molar-refractivity contribution < 1.29 is 4.79 Å². The van der Waals surface area contributed by atoms with Crippen LogP contribution < -0.4 is 10.6 Å². The summed E-state index contributed by atoms with van der Waals surface area (Å²) in [5.74, 6) is -0.0602. The molecule has 20 heavy (non-hydrogen) atoms. The predicted molar refractivity (Wildman–Crippen MR) is 87.2 cm³/mol. The molecule has 0 heterocycles. The Bertz CT molecular complexity index is 588. The Kier molecular flexibility index (Phi) is 4.79. The fourth-order valence-electron chi connectivity index (χ4n) is 1.96. The van der Waals surface area contributed by atoms with Gasteiger partial charge in [-0.25, -0.2) is 0 Å². The lowest BCUT2D eigenvalue weighted by Crippen LogP contribution is -2.21. The quantitative estimate of drug-likeness (QED) is 0.884. The van der Waals surface area contributed by atoms with Gasteiger partial charge in [0.05, 0.1) is 6.54 Å². The zero-order valence-electron chi connectivity index (χ0n) is 11.5. The molecule has 0 atom stereocenters. The van der Waals surface area contributed by atoms with Crippen LogP contribution >= 0.6 is 15.9 Å². The van der Waals surface area contributed by atoms with Crippen molar-refractivity contribution in [2.45, 2.75) is 13.8 Å². The number of hydrogen-bond donors (Lipinski definition) is 2. The van der Waals surface area contributed by atoms with Gasteiger partial charge in [0.15, 0.2) is 0 Å². The molecule has 0 aliphatic carbocycles. The molecule has 2 aromatic carbocycles. The number of halogens is 1. The van der Waals surface area contributed by atoms with Crippen molar-refractivity contribution in [2.75, 3.05) is 17.2 Å². The molecule has 4 heteroatoms. The Morgan fingerprint density at radius 1 is 1.05 bits per heavy atom. The van der Waals surface area contributed by atoms with Gasteiger partial charge in [-0.2, -0.15) is 0 Å². The second-order valence-electron chi connectivity index (χ2n) is 4.69. The van der Waals surface area contributed by atoms with E-state index in [9.17, 15) is 4.79 Å². The maximum absolute atomic E-state index is 11.9. The molecule has 2 N–H and O–H groups in total. The van der Waals surface area contributed by atoms with Crippen LogP contribution in [0.5, 0.6) is 0 Å². The number of nitrogens with one attached hydrogen (secondary N) is 2. The van der Waals surface area contributed by atoms with Crippen LogP contribution in [0.25, 0.3) is 0 Å². The Morgan fingerprint density at radius 2 is 1.65 bits per heavy atom. The largest absolute Gasteiger partial charge is 0.376 e. The molecule has 0 saturated carbocycles. The Labute approximate surface area is 127 Å². The smallest absolute Gasteiger partial charge is 0.243 e. The van der Waals surface area contributed by atoms with Crippen molar-refractivity contribution in [3.05, 3.63) is 58.1 Å². The van der Waals surface area contributed by atoms with Gasteiger partial charge in [-0.1, -0.05) is 34.1 Å². The van der Waals surface area contributed by atoms with E-state index in [4.69, 9.17) is 0 Å². The third kappa shape index (κ3) is 3.84. The van der Waals surface area contributed by atoms with Crippen LogP contribution in [0.15, 0.2) is 46.9 Å². The molecule has 0 aliphatic heterocycles. The Hall–Kier alpha value is -1.81. The van der Waals surface area contributed by atoms with E-state index in [1.807, 2.05) is 56.3 Å². The van der Waals surface area contributed by atoms with Gasteiger partial charge in [-0.05, 0) is 49.2 Å². The maximum atomic E-state index is 11.9. The molecule has 0 saturated heterocycles. The second kappa shape index (κ2) is 6.57. The average molecular weight is 333 g/mol. The van der Waals surface area contributed by atoms with Crippen LogP contribution in [0.2, 0.25) is 0 Å². The zero-order valence-corrected chi connectivity index (χ0v) is 13.1. The lowest BCUT2D eigenvalue weighted by atomic mass is 10.1. The van der Waals surface area contributed by atoms with E-state index >= 15 is 0 Å². The first-order valence-corrected chi connectivity index (χ1v) is 7.21. The van der Waals surface area contributed by atoms with E-state index in [-0.39, 0.29) is 12.5 Å². The molecule has 2 aromatic rings. The fourth-order valence-corrected chi connectivity index (χ4v) is 2.19. The van der Waals surface area contributed by atoms with E-state index in [2.05, 4.69) is 26.6 Å². The van der Waals surface area contributed by atoms with Gasteiger partial charge in [0.1, 0.15) is 0 Å². The van der Waals surface area contributed by atoms with Crippen molar-refractivity contribution >= 4 is 33.2 Å². The van der Waals surface area contributed by atoms with E-state index < -0.39 is 0 Å². The second-order valence-corrected chi connectivity index (χ2v) is 5.48. The Morgan fingerprint density at radius 3 is 2.25 bits per heavy atom. The van der Waals surface area contributed by atoms with Crippen molar-refractivity contribution in [3.8, 4) is 0 Å². The first-order valence-electron chi connectivity index (χ1n) is 6.42. The van der Waals surface area contributed by atoms with Crippen molar-refractivity contribution in [2.24, 2.45) is 0 Å². The highest BCUT2D eigenvalue weighted by molar-refractivity contribution is 9.10. The number of carbonyl (C=O) groups excluding carboxylic acids is 1. The van der Waals surface area contributed by atoms with Gasteiger partial charge in [-0.15, -0.1) is 0 Å². The number of anilines is 2. The summed E-state index contributed by atoms with van der Waals surface area (Å²) in [7, 11) is 0. The van der Waals surface area contributed by atoms with Gasteiger partial charge in [0.25, 0.3) is 0 Å². The van der Waals surface area contributed by atoms with Crippen LogP contribution in [0.3, 0.4) is 0 Å². The first kappa shape index (κ1) is 14.6. The summed E-state index contributed by atoms with van der Waals surface area (Å²) in [6, 6.07) is 13.6. The molecule has 0 bridgehead atoms. The van der Waals surface area contributed by atoms with Gasteiger partial charge in [0, 0.05) is 15.8 Å². The standard InChI is InChI=1S/C16H17BrN2O/c1-11-8-14(9-12(2)16(11)17)19-15(20)10-18-13-6-4-3-5-7-13/h3-9,18H,10H2,1-2H3,(H,19,20). The summed E-state index contributed by atoms with van der Waals surface area (Å²) in [5.41, 5.74) is 3.97. The third-order valence-electron chi connectivity index (χ3n) is 2.95. The molecular formula is C16H17BrN2O. The number of rotatable bonds is 4. The molecule has 0 spiro atoms. The summed E-state index contributed by atoms with van der Waals surface area (Å²) in [4.78, 5) is 11.9. The van der Waals surface area contributed by atoms with Crippen molar-refractivity contribution in [1.82, 2.24) is 0 Å². The monoisotopic (exact) mass is 332 g/mol. The number of benzene rings is 2. The van der Waals surface area contributed by atoms with Gasteiger partial charge in [0.2, 0.25) is 5.91 Å². The fraction of sp³-hybridized carbons (Fsp3) is 0.188. The summed E-state index contributed by atoms with van der Waals surface area (Å²) in [5, 5.41) is 5.98. The number of aryl methyl sites for hydroxylation is 2. The van der Waals surface area contributed by atoms with Crippen LogP contribution in [0, 0.1) is 13.8 Å². The molecule has 0 unspecified atom stereocenters. The van der Waals surface area contributed by atoms with Crippen molar-refractivity contribution in [3.63, 3.8) is 0 Å².